The molecule has 170 valence electrons. The van der Waals surface area contributed by atoms with Crippen LogP contribution >= 0.6 is 23.4 Å². The van der Waals surface area contributed by atoms with E-state index in [-0.39, 0.29) is 24.4 Å². The van der Waals surface area contributed by atoms with Crippen LogP contribution < -0.4 is 10.1 Å². The Balaban J connectivity index is 1.41. The van der Waals surface area contributed by atoms with Gasteiger partial charge in [0, 0.05) is 33.2 Å². The molecule has 0 radical (unpaired) electrons. The fraction of sp³-hybridized carbons (Fsp3) is 0.571. The summed E-state index contributed by atoms with van der Waals surface area (Å²) in [5.74, 6) is 2.09. The highest BCUT2D eigenvalue weighted by Gasteiger charge is 2.21. The largest absolute Gasteiger partial charge is 0.484 e. The van der Waals surface area contributed by atoms with Crippen LogP contribution in [0.3, 0.4) is 0 Å². The molecule has 3 rings (SSSR count). The summed E-state index contributed by atoms with van der Waals surface area (Å²) in [5.41, 5.74) is 0. The number of morpholine rings is 1. The molecular weight excluding hydrogens is 438 g/mol. The summed E-state index contributed by atoms with van der Waals surface area (Å²) in [6, 6.07) is 7.28. The first-order valence-corrected chi connectivity index (χ1v) is 11.8. The van der Waals surface area contributed by atoms with Crippen LogP contribution in [0.5, 0.6) is 5.75 Å². The van der Waals surface area contributed by atoms with Gasteiger partial charge in [-0.25, -0.2) is 0 Å². The van der Waals surface area contributed by atoms with Crippen molar-refractivity contribution in [2.75, 3.05) is 38.5 Å². The average molecular weight is 468 g/mol. The van der Waals surface area contributed by atoms with E-state index in [1.54, 1.807) is 12.1 Å². The van der Waals surface area contributed by atoms with E-state index in [9.17, 15) is 4.79 Å². The lowest BCUT2D eigenvalue weighted by molar-refractivity contribution is -0.119. The second-order valence-electron chi connectivity index (χ2n) is 7.92. The molecule has 1 aromatic heterocycles. The number of benzene rings is 1. The molecule has 1 aliphatic rings. The standard InChI is InChI=1S/C21H30ClN5O3S/c1-15(2)11-27-8-9-29-16(12-27)10-23-20(28)14-31-21-25-24-19(26(21)3)13-30-18-7-5-4-6-17(18)22/h4-7,15-16H,8-14H2,1-3H3,(H,23,28). The molecule has 1 unspecified atom stereocenters. The van der Waals surface area contributed by atoms with Crippen LogP contribution in [-0.4, -0.2) is 70.2 Å². The minimum Gasteiger partial charge on any atom is -0.484 e. The van der Waals surface area contributed by atoms with Crippen molar-refractivity contribution in [1.82, 2.24) is 25.0 Å². The molecule has 1 aliphatic heterocycles. The molecule has 8 nitrogen and oxygen atoms in total. The Bertz CT molecular complexity index is 863. The summed E-state index contributed by atoms with van der Waals surface area (Å²) in [5, 5.41) is 12.5. The number of carbonyl (C=O) groups is 1. The normalized spacial score (nSPS) is 17.1. The fourth-order valence-corrected chi connectivity index (χ4v) is 4.25. The van der Waals surface area contributed by atoms with E-state index < -0.39 is 0 Å². The molecule has 1 saturated heterocycles. The van der Waals surface area contributed by atoms with Crippen molar-refractivity contribution in [3.05, 3.63) is 35.1 Å². The van der Waals surface area contributed by atoms with E-state index in [2.05, 4.69) is 34.3 Å². The Hall–Kier alpha value is -1.81. The Labute approximate surface area is 192 Å². The molecule has 0 bridgehead atoms. The zero-order valence-corrected chi connectivity index (χ0v) is 19.8. The van der Waals surface area contributed by atoms with Gasteiger partial charge in [-0.3, -0.25) is 9.69 Å². The molecule has 31 heavy (non-hydrogen) atoms. The molecule has 0 saturated carbocycles. The quantitative estimate of drug-likeness (QED) is 0.538. The van der Waals surface area contributed by atoms with Gasteiger partial charge in [-0.2, -0.15) is 0 Å². The monoisotopic (exact) mass is 467 g/mol. The number of carbonyl (C=O) groups excluding carboxylic acids is 1. The van der Waals surface area contributed by atoms with Crippen molar-refractivity contribution >= 4 is 29.3 Å². The topological polar surface area (TPSA) is 81.5 Å². The maximum absolute atomic E-state index is 12.3. The van der Waals surface area contributed by atoms with Crippen LogP contribution in [0.2, 0.25) is 5.02 Å². The van der Waals surface area contributed by atoms with Crippen LogP contribution in [0.25, 0.3) is 0 Å². The lowest BCUT2D eigenvalue weighted by Gasteiger charge is -2.33. The van der Waals surface area contributed by atoms with E-state index in [4.69, 9.17) is 21.1 Å². The molecule has 1 atom stereocenters. The van der Waals surface area contributed by atoms with Gasteiger partial charge in [0.1, 0.15) is 12.4 Å². The number of amides is 1. The van der Waals surface area contributed by atoms with Gasteiger partial charge in [-0.15, -0.1) is 10.2 Å². The number of hydrogen-bond acceptors (Lipinski definition) is 7. The molecule has 10 heteroatoms. The number of aromatic nitrogens is 3. The maximum Gasteiger partial charge on any atom is 0.230 e. The second-order valence-corrected chi connectivity index (χ2v) is 9.27. The van der Waals surface area contributed by atoms with Gasteiger partial charge in [0.25, 0.3) is 0 Å². The number of hydrogen-bond donors (Lipinski definition) is 1. The summed E-state index contributed by atoms with van der Waals surface area (Å²) in [6.45, 7) is 8.75. The third-order valence-electron chi connectivity index (χ3n) is 4.82. The Morgan fingerprint density at radius 2 is 2.19 bits per heavy atom. The molecule has 2 heterocycles. The van der Waals surface area contributed by atoms with Crippen molar-refractivity contribution < 1.29 is 14.3 Å². The number of nitrogens with one attached hydrogen (secondary N) is 1. The molecule has 2 aromatic rings. The van der Waals surface area contributed by atoms with Gasteiger partial charge in [-0.1, -0.05) is 49.3 Å². The van der Waals surface area contributed by atoms with Gasteiger partial charge >= 0.3 is 0 Å². The lowest BCUT2D eigenvalue weighted by Crippen LogP contribution is -2.48. The minimum absolute atomic E-state index is 0.0323. The molecule has 1 aromatic carbocycles. The number of ether oxygens (including phenoxy) is 2. The molecule has 0 spiro atoms. The summed E-state index contributed by atoms with van der Waals surface area (Å²) in [6.07, 6.45) is 0.0323. The summed E-state index contributed by atoms with van der Waals surface area (Å²) < 4.78 is 13.3. The summed E-state index contributed by atoms with van der Waals surface area (Å²) in [4.78, 5) is 14.7. The van der Waals surface area contributed by atoms with Crippen molar-refractivity contribution in [3.63, 3.8) is 0 Å². The zero-order valence-electron chi connectivity index (χ0n) is 18.2. The molecular formula is C21H30ClN5O3S. The Morgan fingerprint density at radius 3 is 2.97 bits per heavy atom. The molecule has 1 N–H and O–H groups in total. The first kappa shape index (κ1) is 23.8. The fourth-order valence-electron chi connectivity index (χ4n) is 3.30. The third-order valence-corrected chi connectivity index (χ3v) is 6.16. The van der Waals surface area contributed by atoms with Gasteiger partial charge in [0.15, 0.2) is 11.0 Å². The van der Waals surface area contributed by atoms with Crippen LogP contribution in [0.15, 0.2) is 29.4 Å². The number of para-hydroxylation sites is 1. The van der Waals surface area contributed by atoms with Crippen molar-refractivity contribution in [3.8, 4) is 5.75 Å². The van der Waals surface area contributed by atoms with E-state index in [1.807, 2.05) is 23.7 Å². The average Bonchev–Trinajstić information content (AvgIpc) is 3.09. The maximum atomic E-state index is 12.3. The van der Waals surface area contributed by atoms with E-state index in [0.29, 0.717) is 40.8 Å². The number of nitrogens with zero attached hydrogens (tertiary/aromatic N) is 4. The van der Waals surface area contributed by atoms with E-state index in [1.165, 1.54) is 11.8 Å². The summed E-state index contributed by atoms with van der Waals surface area (Å²) in [7, 11) is 1.85. The molecule has 0 aliphatic carbocycles. The highest BCUT2D eigenvalue weighted by molar-refractivity contribution is 7.99. The number of halogens is 1. The lowest BCUT2D eigenvalue weighted by atomic mass is 10.2. The zero-order chi connectivity index (χ0) is 22.2. The smallest absolute Gasteiger partial charge is 0.230 e. The van der Waals surface area contributed by atoms with E-state index >= 15 is 0 Å². The number of thioether (sulfide) groups is 1. The van der Waals surface area contributed by atoms with Gasteiger partial charge in [0.2, 0.25) is 5.91 Å². The van der Waals surface area contributed by atoms with Gasteiger partial charge < -0.3 is 19.4 Å². The van der Waals surface area contributed by atoms with E-state index in [0.717, 1.165) is 19.6 Å². The molecule has 1 amide bonds. The predicted molar refractivity (Wildman–Crippen MR) is 122 cm³/mol. The van der Waals surface area contributed by atoms with Crippen LogP contribution in [-0.2, 0) is 23.2 Å². The van der Waals surface area contributed by atoms with Crippen molar-refractivity contribution in [2.24, 2.45) is 13.0 Å². The van der Waals surface area contributed by atoms with Crippen molar-refractivity contribution in [2.45, 2.75) is 31.7 Å². The molecule has 1 fully saturated rings. The third kappa shape index (κ3) is 7.38. The summed E-state index contributed by atoms with van der Waals surface area (Å²) >= 11 is 7.45. The second kappa shape index (κ2) is 11.7. The first-order valence-electron chi connectivity index (χ1n) is 10.4. The van der Waals surface area contributed by atoms with Crippen molar-refractivity contribution in [1.29, 1.82) is 0 Å². The highest BCUT2D eigenvalue weighted by atomic mass is 35.5. The van der Waals surface area contributed by atoms with Crippen LogP contribution in [0.1, 0.15) is 19.7 Å². The van der Waals surface area contributed by atoms with Gasteiger partial charge in [-0.05, 0) is 18.1 Å². The Morgan fingerprint density at radius 1 is 1.39 bits per heavy atom. The highest BCUT2D eigenvalue weighted by Crippen LogP contribution is 2.24. The SMILES string of the molecule is CC(C)CN1CCOC(CNC(=O)CSc2nnc(COc3ccccc3Cl)n2C)C1. The van der Waals surface area contributed by atoms with Crippen LogP contribution in [0.4, 0.5) is 0 Å². The predicted octanol–water partition coefficient (Wildman–Crippen LogP) is 2.61. The van der Waals surface area contributed by atoms with Crippen LogP contribution in [0, 0.1) is 5.92 Å². The minimum atomic E-state index is -0.0496. The number of rotatable bonds is 10. The van der Waals surface area contributed by atoms with Gasteiger partial charge in [0.05, 0.1) is 23.5 Å². The Kier molecular flexibility index (Phi) is 9.01. The first-order chi connectivity index (χ1) is 14.9.